The Morgan fingerprint density at radius 3 is 2.86 bits per heavy atom. The number of allylic oxidation sites excluding steroid dienone is 1. The molecule has 0 aromatic heterocycles. The van der Waals surface area contributed by atoms with Gasteiger partial charge in [-0.05, 0) is 37.5 Å². The van der Waals surface area contributed by atoms with Crippen molar-refractivity contribution in [3.63, 3.8) is 0 Å². The highest BCUT2D eigenvalue weighted by Crippen LogP contribution is 2.32. The fraction of sp³-hybridized carbons (Fsp3) is 0.769. The van der Waals surface area contributed by atoms with Gasteiger partial charge in [0.05, 0.1) is 0 Å². The Morgan fingerprint density at radius 2 is 2.29 bits per heavy atom. The van der Waals surface area contributed by atoms with Gasteiger partial charge in [-0.1, -0.05) is 19.9 Å². The molecule has 14 heavy (non-hydrogen) atoms. The van der Waals surface area contributed by atoms with Crippen molar-refractivity contribution in [3.05, 3.63) is 12.7 Å². The quantitative estimate of drug-likeness (QED) is 0.625. The van der Waals surface area contributed by atoms with Crippen LogP contribution in [0.3, 0.4) is 0 Å². The summed E-state index contributed by atoms with van der Waals surface area (Å²) in [6.07, 6.45) is 7.07. The summed E-state index contributed by atoms with van der Waals surface area (Å²) in [4.78, 5) is 11.6. The van der Waals surface area contributed by atoms with Crippen LogP contribution in [0, 0.1) is 17.8 Å². The maximum absolute atomic E-state index is 11.6. The van der Waals surface area contributed by atoms with Gasteiger partial charge < -0.3 is 0 Å². The van der Waals surface area contributed by atoms with Crippen LogP contribution in [0.15, 0.2) is 12.7 Å². The topological polar surface area (TPSA) is 17.1 Å². The van der Waals surface area contributed by atoms with Crippen molar-refractivity contribution in [2.45, 2.75) is 46.0 Å². The van der Waals surface area contributed by atoms with E-state index in [4.69, 9.17) is 0 Å². The van der Waals surface area contributed by atoms with Crippen LogP contribution in [0.4, 0.5) is 0 Å². The number of rotatable bonds is 4. The summed E-state index contributed by atoms with van der Waals surface area (Å²) in [6.45, 7) is 8.25. The van der Waals surface area contributed by atoms with Crippen LogP contribution in [0.2, 0.25) is 0 Å². The predicted octanol–water partition coefficient (Wildman–Crippen LogP) is 3.59. The van der Waals surface area contributed by atoms with Crippen molar-refractivity contribution in [2.75, 3.05) is 0 Å². The van der Waals surface area contributed by atoms with Crippen molar-refractivity contribution >= 4 is 5.78 Å². The molecular formula is C13H22O. The number of carbonyl (C=O) groups excluding carboxylic acids is 1. The van der Waals surface area contributed by atoms with Crippen LogP contribution >= 0.6 is 0 Å². The highest BCUT2D eigenvalue weighted by Gasteiger charge is 2.27. The van der Waals surface area contributed by atoms with E-state index < -0.39 is 0 Å². The number of hydrogen-bond donors (Lipinski definition) is 0. The zero-order chi connectivity index (χ0) is 10.6. The van der Waals surface area contributed by atoms with E-state index in [9.17, 15) is 4.79 Å². The van der Waals surface area contributed by atoms with Gasteiger partial charge in [0.2, 0.25) is 0 Å². The molecule has 0 aliphatic heterocycles. The van der Waals surface area contributed by atoms with Crippen LogP contribution in [0.25, 0.3) is 0 Å². The summed E-state index contributed by atoms with van der Waals surface area (Å²) in [5.74, 6) is 2.28. The molecule has 0 spiro atoms. The third-order valence-corrected chi connectivity index (χ3v) is 3.13. The third-order valence-electron chi connectivity index (χ3n) is 3.13. The first-order chi connectivity index (χ1) is 6.63. The fourth-order valence-corrected chi connectivity index (χ4v) is 2.51. The molecule has 0 heterocycles. The van der Waals surface area contributed by atoms with Gasteiger partial charge in [0.15, 0.2) is 0 Å². The zero-order valence-corrected chi connectivity index (χ0v) is 9.46. The summed E-state index contributed by atoms with van der Waals surface area (Å²) in [7, 11) is 0. The van der Waals surface area contributed by atoms with Crippen molar-refractivity contribution in [1.82, 2.24) is 0 Å². The molecule has 0 amide bonds. The number of hydrogen-bond acceptors (Lipinski definition) is 1. The summed E-state index contributed by atoms with van der Waals surface area (Å²) in [6, 6.07) is 0. The molecule has 0 aromatic carbocycles. The van der Waals surface area contributed by atoms with Gasteiger partial charge in [-0.15, -0.1) is 6.58 Å². The highest BCUT2D eigenvalue weighted by atomic mass is 16.1. The Labute approximate surface area is 87.6 Å². The third kappa shape index (κ3) is 3.28. The first kappa shape index (κ1) is 11.5. The standard InChI is InChI=1S/C13H22O/c1-4-5-12-9-11(8-10(2)3)6-7-13(12)14/h4,10-12H,1,5-9H2,2-3H3/t11-,12-/m1/s1. The lowest BCUT2D eigenvalue weighted by molar-refractivity contribution is -0.125. The van der Waals surface area contributed by atoms with E-state index >= 15 is 0 Å². The molecule has 0 saturated heterocycles. The minimum absolute atomic E-state index is 0.282. The monoisotopic (exact) mass is 194 g/mol. The van der Waals surface area contributed by atoms with Gasteiger partial charge in [-0.25, -0.2) is 0 Å². The van der Waals surface area contributed by atoms with Crippen molar-refractivity contribution in [2.24, 2.45) is 17.8 Å². The normalized spacial score (nSPS) is 28.1. The summed E-state index contributed by atoms with van der Waals surface area (Å²) < 4.78 is 0. The summed E-state index contributed by atoms with van der Waals surface area (Å²) in [5, 5.41) is 0. The van der Waals surface area contributed by atoms with Gasteiger partial charge in [-0.3, -0.25) is 4.79 Å². The first-order valence-corrected chi connectivity index (χ1v) is 5.77. The minimum atomic E-state index is 0.282. The molecule has 1 rings (SSSR count). The van der Waals surface area contributed by atoms with E-state index in [0.29, 0.717) is 5.78 Å². The minimum Gasteiger partial charge on any atom is -0.299 e. The summed E-state index contributed by atoms with van der Waals surface area (Å²) >= 11 is 0. The van der Waals surface area contributed by atoms with Crippen LogP contribution in [0.1, 0.15) is 46.0 Å². The van der Waals surface area contributed by atoms with E-state index in [1.807, 2.05) is 6.08 Å². The summed E-state index contributed by atoms with van der Waals surface area (Å²) in [5.41, 5.74) is 0. The Hall–Kier alpha value is -0.590. The second-order valence-corrected chi connectivity index (χ2v) is 4.96. The Morgan fingerprint density at radius 1 is 1.57 bits per heavy atom. The molecule has 0 bridgehead atoms. The molecular weight excluding hydrogens is 172 g/mol. The van der Waals surface area contributed by atoms with E-state index in [0.717, 1.165) is 37.5 Å². The molecule has 0 aromatic rings. The Bertz CT molecular complexity index is 205. The molecule has 1 aliphatic rings. The predicted molar refractivity (Wildman–Crippen MR) is 60.1 cm³/mol. The number of Topliss-reactive ketones (excluding diaryl/α,β-unsaturated/α-hetero) is 1. The number of ketones is 1. The average molecular weight is 194 g/mol. The molecule has 1 heteroatoms. The lowest BCUT2D eigenvalue weighted by atomic mass is 9.76. The molecule has 0 radical (unpaired) electrons. The van der Waals surface area contributed by atoms with E-state index in [1.54, 1.807) is 0 Å². The number of carbonyl (C=O) groups is 1. The fourth-order valence-electron chi connectivity index (χ4n) is 2.51. The molecule has 1 fully saturated rings. The Balaban J connectivity index is 2.44. The Kier molecular flexibility index (Phi) is 4.37. The second kappa shape index (κ2) is 5.33. The largest absolute Gasteiger partial charge is 0.299 e. The van der Waals surface area contributed by atoms with Crippen molar-refractivity contribution < 1.29 is 4.79 Å². The SMILES string of the molecule is C=CC[C@@H]1C[C@@H](CC(C)C)CCC1=O. The van der Waals surface area contributed by atoms with Gasteiger partial charge in [0.25, 0.3) is 0 Å². The molecule has 0 unspecified atom stereocenters. The van der Waals surface area contributed by atoms with Gasteiger partial charge in [-0.2, -0.15) is 0 Å². The first-order valence-electron chi connectivity index (χ1n) is 5.77. The smallest absolute Gasteiger partial charge is 0.136 e. The van der Waals surface area contributed by atoms with E-state index in [-0.39, 0.29) is 5.92 Å². The molecule has 80 valence electrons. The lowest BCUT2D eigenvalue weighted by Gasteiger charge is -2.28. The van der Waals surface area contributed by atoms with E-state index in [1.165, 1.54) is 6.42 Å². The van der Waals surface area contributed by atoms with Crippen LogP contribution in [-0.2, 0) is 4.79 Å². The average Bonchev–Trinajstić information content (AvgIpc) is 2.10. The molecule has 2 atom stereocenters. The van der Waals surface area contributed by atoms with Crippen molar-refractivity contribution in [1.29, 1.82) is 0 Å². The molecule has 0 N–H and O–H groups in total. The van der Waals surface area contributed by atoms with Gasteiger partial charge in [0.1, 0.15) is 5.78 Å². The van der Waals surface area contributed by atoms with Crippen LogP contribution in [-0.4, -0.2) is 5.78 Å². The zero-order valence-electron chi connectivity index (χ0n) is 9.46. The maximum Gasteiger partial charge on any atom is 0.136 e. The maximum atomic E-state index is 11.6. The van der Waals surface area contributed by atoms with Crippen LogP contribution < -0.4 is 0 Å². The highest BCUT2D eigenvalue weighted by molar-refractivity contribution is 5.81. The lowest BCUT2D eigenvalue weighted by Crippen LogP contribution is -2.25. The van der Waals surface area contributed by atoms with Crippen LogP contribution in [0.5, 0.6) is 0 Å². The molecule has 1 aliphatic carbocycles. The van der Waals surface area contributed by atoms with E-state index in [2.05, 4.69) is 20.4 Å². The molecule has 1 nitrogen and oxygen atoms in total. The van der Waals surface area contributed by atoms with Gasteiger partial charge >= 0.3 is 0 Å². The molecule has 1 saturated carbocycles. The second-order valence-electron chi connectivity index (χ2n) is 4.96. The van der Waals surface area contributed by atoms with Gasteiger partial charge in [0, 0.05) is 12.3 Å². The van der Waals surface area contributed by atoms with Crippen molar-refractivity contribution in [3.8, 4) is 0 Å².